The first-order valence-electron chi connectivity index (χ1n) is 7.42. The van der Waals surface area contributed by atoms with Crippen LogP contribution < -0.4 is 10.1 Å². The molecule has 0 bridgehead atoms. The third-order valence-corrected chi connectivity index (χ3v) is 3.86. The van der Waals surface area contributed by atoms with Crippen LogP contribution in [0.15, 0.2) is 42.5 Å². The Kier molecular flexibility index (Phi) is 6.36. The van der Waals surface area contributed by atoms with Gasteiger partial charge in [-0.05, 0) is 29.8 Å². The fourth-order valence-electron chi connectivity index (χ4n) is 2.29. The Morgan fingerprint density at radius 3 is 2.52 bits per heavy atom. The monoisotopic (exact) mass is 365 g/mol. The summed E-state index contributed by atoms with van der Waals surface area (Å²) < 4.78 is 23.5. The van der Waals surface area contributed by atoms with Gasteiger partial charge < -0.3 is 14.8 Å². The molecule has 0 aliphatic rings. The SMILES string of the molecule is COC(=O)[C@@H](Cc1ccc(OC)c(Cl)c1)NC(=O)c1ccccc1F. The Bertz CT molecular complexity index is 781. The molecule has 1 atom stereocenters. The van der Waals surface area contributed by atoms with Gasteiger partial charge in [0.1, 0.15) is 17.6 Å². The summed E-state index contributed by atoms with van der Waals surface area (Å²) in [5, 5.41) is 2.87. The molecule has 0 fully saturated rings. The number of nitrogens with one attached hydrogen (secondary N) is 1. The fraction of sp³-hybridized carbons (Fsp3) is 0.222. The zero-order valence-electron chi connectivity index (χ0n) is 13.7. The summed E-state index contributed by atoms with van der Waals surface area (Å²) in [7, 11) is 2.71. The fourth-order valence-corrected chi connectivity index (χ4v) is 2.57. The largest absolute Gasteiger partial charge is 0.495 e. The molecular formula is C18H17ClFNO4. The maximum absolute atomic E-state index is 13.7. The number of ether oxygens (including phenoxy) is 2. The van der Waals surface area contributed by atoms with Crippen molar-refractivity contribution in [2.45, 2.75) is 12.5 Å². The lowest BCUT2D eigenvalue weighted by Gasteiger charge is -2.17. The molecule has 7 heteroatoms. The number of benzene rings is 2. The van der Waals surface area contributed by atoms with E-state index < -0.39 is 23.7 Å². The highest BCUT2D eigenvalue weighted by Crippen LogP contribution is 2.25. The summed E-state index contributed by atoms with van der Waals surface area (Å²) in [5.41, 5.74) is 0.541. The first-order valence-corrected chi connectivity index (χ1v) is 7.79. The number of hydrogen-bond donors (Lipinski definition) is 1. The molecule has 0 aliphatic carbocycles. The average molecular weight is 366 g/mol. The van der Waals surface area contributed by atoms with Crippen LogP contribution >= 0.6 is 11.6 Å². The third-order valence-electron chi connectivity index (χ3n) is 3.57. The molecule has 2 rings (SSSR count). The van der Waals surface area contributed by atoms with Crippen LogP contribution in [0, 0.1) is 5.82 Å². The highest BCUT2D eigenvalue weighted by Gasteiger charge is 2.24. The van der Waals surface area contributed by atoms with Gasteiger partial charge in [-0.2, -0.15) is 0 Å². The molecule has 0 heterocycles. The van der Waals surface area contributed by atoms with Crippen molar-refractivity contribution in [2.24, 2.45) is 0 Å². The number of esters is 1. The van der Waals surface area contributed by atoms with Crippen molar-refractivity contribution in [3.05, 3.63) is 64.4 Å². The predicted molar refractivity (Wildman–Crippen MR) is 91.4 cm³/mol. The van der Waals surface area contributed by atoms with Crippen LogP contribution in [-0.2, 0) is 16.0 Å². The second-order valence-electron chi connectivity index (χ2n) is 5.20. The van der Waals surface area contributed by atoms with Crippen LogP contribution in [-0.4, -0.2) is 32.1 Å². The van der Waals surface area contributed by atoms with E-state index in [0.717, 1.165) is 0 Å². The molecule has 2 aromatic carbocycles. The van der Waals surface area contributed by atoms with E-state index in [0.29, 0.717) is 16.3 Å². The van der Waals surface area contributed by atoms with E-state index in [9.17, 15) is 14.0 Å². The Hall–Kier alpha value is -2.60. The molecule has 0 aromatic heterocycles. The average Bonchev–Trinajstić information content (AvgIpc) is 2.61. The molecule has 2 aromatic rings. The minimum atomic E-state index is -0.985. The van der Waals surface area contributed by atoms with Crippen LogP contribution in [0.4, 0.5) is 4.39 Å². The minimum absolute atomic E-state index is 0.135. The van der Waals surface area contributed by atoms with Gasteiger partial charge in [-0.3, -0.25) is 4.79 Å². The topological polar surface area (TPSA) is 64.6 Å². The maximum Gasteiger partial charge on any atom is 0.328 e. The van der Waals surface area contributed by atoms with Gasteiger partial charge in [-0.25, -0.2) is 9.18 Å². The molecule has 0 aliphatic heterocycles. The molecular weight excluding hydrogens is 349 g/mol. The van der Waals surface area contributed by atoms with E-state index in [1.54, 1.807) is 18.2 Å². The highest BCUT2D eigenvalue weighted by atomic mass is 35.5. The van der Waals surface area contributed by atoms with Crippen LogP contribution in [0.25, 0.3) is 0 Å². The standard InChI is InChI=1S/C18H17ClFNO4/c1-24-16-8-7-11(9-13(16)19)10-15(18(23)25-2)21-17(22)12-5-3-4-6-14(12)20/h3-9,15H,10H2,1-2H3,(H,21,22)/t15-/m1/s1. The van der Waals surface area contributed by atoms with Crippen molar-refractivity contribution in [1.82, 2.24) is 5.32 Å². The number of methoxy groups -OCH3 is 2. The zero-order chi connectivity index (χ0) is 18.4. The summed E-state index contributed by atoms with van der Waals surface area (Å²) >= 11 is 6.07. The van der Waals surface area contributed by atoms with E-state index in [2.05, 4.69) is 5.32 Å². The molecule has 5 nitrogen and oxygen atoms in total. The van der Waals surface area contributed by atoms with Crippen molar-refractivity contribution in [3.8, 4) is 5.75 Å². The summed E-state index contributed by atoms with van der Waals surface area (Å²) in [6, 6.07) is 9.54. The summed E-state index contributed by atoms with van der Waals surface area (Å²) in [4.78, 5) is 24.2. The van der Waals surface area contributed by atoms with Gasteiger partial charge in [-0.15, -0.1) is 0 Å². The molecule has 132 valence electrons. The van der Waals surface area contributed by atoms with E-state index in [1.807, 2.05) is 0 Å². The quantitative estimate of drug-likeness (QED) is 0.799. The van der Waals surface area contributed by atoms with Gasteiger partial charge in [0, 0.05) is 6.42 Å². The molecule has 0 saturated carbocycles. The Morgan fingerprint density at radius 1 is 1.20 bits per heavy atom. The normalized spacial score (nSPS) is 11.5. The smallest absolute Gasteiger partial charge is 0.328 e. The Balaban J connectivity index is 2.19. The lowest BCUT2D eigenvalue weighted by Crippen LogP contribution is -2.43. The molecule has 0 saturated heterocycles. The number of halogens is 2. The van der Waals surface area contributed by atoms with Crippen LogP contribution in [0.5, 0.6) is 5.75 Å². The van der Waals surface area contributed by atoms with Crippen molar-refractivity contribution < 1.29 is 23.5 Å². The maximum atomic E-state index is 13.7. The summed E-state index contributed by atoms with van der Waals surface area (Å²) in [6.07, 6.45) is 0.135. The van der Waals surface area contributed by atoms with Gasteiger partial charge in [0.25, 0.3) is 5.91 Å². The van der Waals surface area contributed by atoms with Crippen molar-refractivity contribution >= 4 is 23.5 Å². The Labute approximate surface area is 149 Å². The van der Waals surface area contributed by atoms with Crippen molar-refractivity contribution in [2.75, 3.05) is 14.2 Å². The second kappa shape index (κ2) is 8.48. The van der Waals surface area contributed by atoms with Crippen LogP contribution in [0.3, 0.4) is 0 Å². The van der Waals surface area contributed by atoms with E-state index in [1.165, 1.54) is 38.5 Å². The third kappa shape index (κ3) is 4.70. The van der Waals surface area contributed by atoms with E-state index in [-0.39, 0.29) is 12.0 Å². The van der Waals surface area contributed by atoms with Gasteiger partial charge >= 0.3 is 5.97 Å². The number of rotatable bonds is 6. The molecule has 1 N–H and O–H groups in total. The second-order valence-corrected chi connectivity index (χ2v) is 5.61. The van der Waals surface area contributed by atoms with Gasteiger partial charge in [0.15, 0.2) is 0 Å². The van der Waals surface area contributed by atoms with Gasteiger partial charge in [0.2, 0.25) is 0 Å². The van der Waals surface area contributed by atoms with Gasteiger partial charge in [-0.1, -0.05) is 29.8 Å². The predicted octanol–water partition coefficient (Wildman–Crippen LogP) is 3.00. The molecule has 0 spiro atoms. The molecule has 25 heavy (non-hydrogen) atoms. The zero-order valence-corrected chi connectivity index (χ0v) is 14.5. The number of carbonyl (C=O) groups is 2. The number of hydrogen-bond acceptors (Lipinski definition) is 4. The number of amides is 1. The lowest BCUT2D eigenvalue weighted by atomic mass is 10.0. The van der Waals surface area contributed by atoms with Crippen LogP contribution in [0.1, 0.15) is 15.9 Å². The summed E-state index contributed by atoms with van der Waals surface area (Å²) in [6.45, 7) is 0. The molecule has 0 unspecified atom stereocenters. The van der Waals surface area contributed by atoms with Crippen molar-refractivity contribution in [1.29, 1.82) is 0 Å². The first-order chi connectivity index (χ1) is 12.0. The number of carbonyl (C=O) groups excluding carboxylic acids is 2. The minimum Gasteiger partial charge on any atom is -0.495 e. The Morgan fingerprint density at radius 2 is 1.92 bits per heavy atom. The first kappa shape index (κ1) is 18.7. The molecule has 0 radical (unpaired) electrons. The summed E-state index contributed by atoms with van der Waals surface area (Å²) in [5.74, 6) is -1.52. The van der Waals surface area contributed by atoms with Crippen molar-refractivity contribution in [3.63, 3.8) is 0 Å². The molecule has 1 amide bonds. The highest BCUT2D eigenvalue weighted by molar-refractivity contribution is 6.32. The van der Waals surface area contributed by atoms with Gasteiger partial charge in [0.05, 0.1) is 24.8 Å². The van der Waals surface area contributed by atoms with E-state index in [4.69, 9.17) is 21.1 Å². The van der Waals surface area contributed by atoms with Crippen LogP contribution in [0.2, 0.25) is 5.02 Å². The lowest BCUT2D eigenvalue weighted by molar-refractivity contribution is -0.142. The van der Waals surface area contributed by atoms with E-state index >= 15 is 0 Å².